The molecule has 0 saturated heterocycles. The van der Waals surface area contributed by atoms with E-state index in [1.807, 2.05) is 30.5 Å². The molecule has 0 aromatic heterocycles. The van der Waals surface area contributed by atoms with Gasteiger partial charge in [-0.25, -0.2) is 0 Å². The summed E-state index contributed by atoms with van der Waals surface area (Å²) in [5, 5.41) is 0. The van der Waals surface area contributed by atoms with Crippen molar-refractivity contribution in [3.8, 4) is 0 Å². The maximum Gasteiger partial charge on any atom is 0.0496 e. The largest absolute Gasteiger partial charge is 0.324 e. The van der Waals surface area contributed by atoms with E-state index in [1.54, 1.807) is 11.8 Å². The average Bonchev–Trinajstić information content (AvgIpc) is 2.05. The first kappa shape index (κ1) is 10.6. The highest BCUT2D eigenvalue weighted by Crippen LogP contribution is 2.17. The molecule has 1 aromatic rings. The van der Waals surface area contributed by atoms with E-state index < -0.39 is 0 Å². The van der Waals surface area contributed by atoms with Crippen molar-refractivity contribution in [3.05, 3.63) is 24.3 Å². The summed E-state index contributed by atoms with van der Waals surface area (Å²) >= 11 is 1.70. The predicted octanol–water partition coefficient (Wildman–Crippen LogP) is 2.12. The molecule has 62 valence electrons. The molecule has 1 rings (SSSR count). The molecule has 0 heterocycles. The molecule has 0 bridgehead atoms. The maximum atomic E-state index is 5.21. The lowest BCUT2D eigenvalue weighted by Gasteiger charge is -2.00. The minimum absolute atomic E-state index is 0. The van der Waals surface area contributed by atoms with E-state index in [4.69, 9.17) is 5.84 Å². The number of halogens is 1. The fourth-order valence-corrected chi connectivity index (χ4v) is 1.17. The molecular formula is C7H11ClN2S. The summed E-state index contributed by atoms with van der Waals surface area (Å²) in [6.45, 7) is 0. The van der Waals surface area contributed by atoms with Crippen molar-refractivity contribution in [3.63, 3.8) is 0 Å². The minimum Gasteiger partial charge on any atom is -0.324 e. The van der Waals surface area contributed by atoms with Gasteiger partial charge in [0.1, 0.15) is 0 Å². The van der Waals surface area contributed by atoms with Gasteiger partial charge >= 0.3 is 0 Å². The van der Waals surface area contributed by atoms with Crippen molar-refractivity contribution < 1.29 is 0 Å². The van der Waals surface area contributed by atoms with Crippen LogP contribution in [0.15, 0.2) is 29.2 Å². The molecule has 0 aliphatic rings. The van der Waals surface area contributed by atoms with Gasteiger partial charge in [-0.05, 0) is 24.5 Å². The Labute approximate surface area is 76.9 Å². The molecule has 2 nitrogen and oxygen atoms in total. The fraction of sp³-hybridized carbons (Fsp3) is 0.143. The summed E-state index contributed by atoms with van der Waals surface area (Å²) in [5.74, 6) is 5.21. The topological polar surface area (TPSA) is 38.0 Å². The Balaban J connectivity index is 0.000001000. The SMILES string of the molecule is CSc1cccc(NN)c1.Cl. The van der Waals surface area contributed by atoms with Gasteiger partial charge in [0.2, 0.25) is 0 Å². The summed E-state index contributed by atoms with van der Waals surface area (Å²) < 4.78 is 0. The number of hydrogen-bond donors (Lipinski definition) is 2. The number of rotatable bonds is 2. The van der Waals surface area contributed by atoms with Crippen molar-refractivity contribution in [2.75, 3.05) is 11.7 Å². The van der Waals surface area contributed by atoms with Crippen LogP contribution in [0.5, 0.6) is 0 Å². The van der Waals surface area contributed by atoms with Crippen LogP contribution in [0, 0.1) is 0 Å². The zero-order valence-corrected chi connectivity index (χ0v) is 7.84. The molecule has 0 aliphatic heterocycles. The highest BCUT2D eigenvalue weighted by molar-refractivity contribution is 7.98. The van der Waals surface area contributed by atoms with Gasteiger partial charge < -0.3 is 5.43 Å². The lowest BCUT2D eigenvalue weighted by molar-refractivity contribution is 1.32. The Morgan fingerprint density at radius 1 is 1.45 bits per heavy atom. The Bertz CT molecular complexity index is 198. The van der Waals surface area contributed by atoms with Crippen LogP contribution in [0.2, 0.25) is 0 Å². The van der Waals surface area contributed by atoms with Crippen LogP contribution >= 0.6 is 24.2 Å². The molecule has 0 saturated carbocycles. The van der Waals surface area contributed by atoms with Crippen LogP contribution in [-0.4, -0.2) is 6.26 Å². The number of nitrogens with two attached hydrogens (primary N) is 1. The van der Waals surface area contributed by atoms with Crippen LogP contribution in [0.3, 0.4) is 0 Å². The zero-order valence-electron chi connectivity index (χ0n) is 6.20. The molecule has 0 radical (unpaired) electrons. The molecular weight excluding hydrogens is 180 g/mol. The van der Waals surface area contributed by atoms with Gasteiger partial charge in [-0.2, -0.15) is 0 Å². The van der Waals surface area contributed by atoms with Gasteiger partial charge in [0.05, 0.1) is 0 Å². The third-order valence-electron chi connectivity index (χ3n) is 1.24. The molecule has 0 atom stereocenters. The van der Waals surface area contributed by atoms with Crippen molar-refractivity contribution in [1.82, 2.24) is 0 Å². The number of hydrazine groups is 1. The normalized spacial score (nSPS) is 8.55. The standard InChI is InChI=1S/C7H10N2S.ClH/c1-10-7-4-2-3-6(5-7)9-8;/h2-5,9H,8H2,1H3;1H. The van der Waals surface area contributed by atoms with E-state index in [0.717, 1.165) is 5.69 Å². The van der Waals surface area contributed by atoms with Crippen LogP contribution in [-0.2, 0) is 0 Å². The summed E-state index contributed by atoms with van der Waals surface area (Å²) in [6, 6.07) is 7.96. The van der Waals surface area contributed by atoms with E-state index in [9.17, 15) is 0 Å². The van der Waals surface area contributed by atoms with Crippen LogP contribution < -0.4 is 11.3 Å². The Morgan fingerprint density at radius 3 is 2.73 bits per heavy atom. The quantitative estimate of drug-likeness (QED) is 0.426. The van der Waals surface area contributed by atoms with Gasteiger partial charge in [0.15, 0.2) is 0 Å². The monoisotopic (exact) mass is 190 g/mol. The Kier molecular flexibility index (Phi) is 5.11. The molecule has 0 unspecified atom stereocenters. The van der Waals surface area contributed by atoms with Crippen molar-refractivity contribution >= 4 is 29.9 Å². The predicted molar refractivity (Wildman–Crippen MR) is 53.3 cm³/mol. The average molecular weight is 191 g/mol. The first-order valence-electron chi connectivity index (χ1n) is 2.97. The second-order valence-electron chi connectivity index (χ2n) is 1.88. The highest BCUT2D eigenvalue weighted by atomic mass is 35.5. The second-order valence-corrected chi connectivity index (χ2v) is 2.76. The number of anilines is 1. The van der Waals surface area contributed by atoms with Gasteiger partial charge in [-0.15, -0.1) is 24.2 Å². The minimum atomic E-state index is 0. The maximum absolute atomic E-state index is 5.21. The Morgan fingerprint density at radius 2 is 2.18 bits per heavy atom. The van der Waals surface area contributed by atoms with Crippen LogP contribution in [0.1, 0.15) is 0 Å². The highest BCUT2D eigenvalue weighted by Gasteiger charge is 1.89. The number of hydrogen-bond acceptors (Lipinski definition) is 3. The molecule has 0 aliphatic carbocycles. The molecule has 0 spiro atoms. The van der Waals surface area contributed by atoms with Crippen LogP contribution in [0.4, 0.5) is 5.69 Å². The summed E-state index contributed by atoms with van der Waals surface area (Å²) in [6.07, 6.45) is 2.04. The summed E-state index contributed by atoms with van der Waals surface area (Å²) in [5.41, 5.74) is 3.54. The molecule has 4 heteroatoms. The fourth-order valence-electron chi connectivity index (χ4n) is 0.713. The third-order valence-corrected chi connectivity index (χ3v) is 1.96. The van der Waals surface area contributed by atoms with E-state index in [0.29, 0.717) is 0 Å². The second kappa shape index (κ2) is 5.29. The van der Waals surface area contributed by atoms with E-state index in [2.05, 4.69) is 5.43 Å². The first-order chi connectivity index (χ1) is 4.86. The van der Waals surface area contributed by atoms with Crippen LogP contribution in [0.25, 0.3) is 0 Å². The van der Waals surface area contributed by atoms with E-state index in [-0.39, 0.29) is 12.4 Å². The zero-order chi connectivity index (χ0) is 7.40. The lowest BCUT2D eigenvalue weighted by atomic mass is 10.3. The number of nitrogen functional groups attached to an aromatic ring is 1. The molecule has 0 amide bonds. The lowest BCUT2D eigenvalue weighted by Crippen LogP contribution is -2.06. The molecule has 1 aromatic carbocycles. The number of nitrogens with one attached hydrogen (secondary N) is 1. The first-order valence-corrected chi connectivity index (χ1v) is 4.20. The molecule has 11 heavy (non-hydrogen) atoms. The molecule has 0 fully saturated rings. The van der Waals surface area contributed by atoms with Crippen molar-refractivity contribution in [1.29, 1.82) is 0 Å². The van der Waals surface area contributed by atoms with E-state index >= 15 is 0 Å². The van der Waals surface area contributed by atoms with Gasteiger partial charge in [0.25, 0.3) is 0 Å². The molecule has 3 N–H and O–H groups in total. The third kappa shape index (κ3) is 3.01. The van der Waals surface area contributed by atoms with Crippen molar-refractivity contribution in [2.45, 2.75) is 4.90 Å². The smallest absolute Gasteiger partial charge is 0.0496 e. The Hall–Kier alpha value is -0.380. The summed E-state index contributed by atoms with van der Waals surface area (Å²) in [7, 11) is 0. The number of thioether (sulfide) groups is 1. The van der Waals surface area contributed by atoms with Gasteiger partial charge in [-0.1, -0.05) is 6.07 Å². The van der Waals surface area contributed by atoms with Gasteiger partial charge in [-0.3, -0.25) is 5.84 Å². The summed E-state index contributed by atoms with van der Waals surface area (Å²) in [4.78, 5) is 1.22. The van der Waals surface area contributed by atoms with E-state index in [1.165, 1.54) is 4.90 Å². The number of benzene rings is 1. The van der Waals surface area contributed by atoms with Crippen molar-refractivity contribution in [2.24, 2.45) is 5.84 Å². The van der Waals surface area contributed by atoms with Gasteiger partial charge in [0, 0.05) is 10.6 Å².